The Bertz CT molecular complexity index is 676. The van der Waals surface area contributed by atoms with E-state index in [1.807, 2.05) is 0 Å². The van der Waals surface area contributed by atoms with Gasteiger partial charge >= 0.3 is 21.2 Å². The van der Waals surface area contributed by atoms with Crippen molar-refractivity contribution in [2.45, 2.75) is 0 Å². The predicted octanol–water partition coefficient (Wildman–Crippen LogP) is 0.928. The molecule has 0 fully saturated rings. The normalized spacial score (nSPS) is 11.0. The molecule has 0 nitrogen and oxygen atoms in total. The van der Waals surface area contributed by atoms with E-state index in [9.17, 15) is 35.1 Å². The van der Waals surface area contributed by atoms with Gasteiger partial charge < -0.3 is 0 Å². The van der Waals surface area contributed by atoms with Crippen LogP contribution in [-0.2, 0) is 0 Å². The van der Waals surface area contributed by atoms with E-state index < -0.39 is 74.9 Å². The maximum atomic E-state index is 13.4. The molecule has 0 aliphatic carbocycles. The first-order valence-corrected chi connectivity index (χ1v) is 7.20. The van der Waals surface area contributed by atoms with Crippen molar-refractivity contribution < 1.29 is 56.3 Å². The Morgan fingerprint density at radius 1 is 0.524 bits per heavy atom. The van der Waals surface area contributed by atoms with E-state index >= 15 is 0 Å². The van der Waals surface area contributed by atoms with E-state index in [1.54, 1.807) is 0 Å². The number of halogens is 9. The van der Waals surface area contributed by atoms with E-state index in [-0.39, 0.29) is 12.1 Å². The van der Waals surface area contributed by atoms with Crippen molar-refractivity contribution in [3.8, 4) is 0 Å². The summed E-state index contributed by atoms with van der Waals surface area (Å²) >= 11 is -2.43. The van der Waals surface area contributed by atoms with Gasteiger partial charge in [-0.25, -0.2) is 26.3 Å². The fraction of sp³-hybridized carbons (Fsp3) is 0. The SMILES string of the molecule is Fc1cc(F)c([I+]c2c(F)c(F)c(F)c(F)c2F)c(F)c1. The summed E-state index contributed by atoms with van der Waals surface area (Å²) in [6.07, 6.45) is 0. The molecule has 0 aliphatic rings. The fourth-order valence-corrected chi connectivity index (χ4v) is 3.68. The van der Waals surface area contributed by atoms with Crippen LogP contribution in [0.25, 0.3) is 0 Å². The van der Waals surface area contributed by atoms with Crippen LogP contribution in [0.15, 0.2) is 12.1 Å². The van der Waals surface area contributed by atoms with Gasteiger partial charge in [0.1, 0.15) is 5.82 Å². The van der Waals surface area contributed by atoms with Crippen molar-refractivity contribution in [3.05, 3.63) is 65.8 Å². The number of rotatable bonds is 2. The molecule has 9 heteroatoms. The summed E-state index contributed by atoms with van der Waals surface area (Å²) in [6.45, 7) is 0. The Labute approximate surface area is 122 Å². The fourth-order valence-electron chi connectivity index (χ4n) is 1.37. The maximum absolute atomic E-state index is 13.4. The summed E-state index contributed by atoms with van der Waals surface area (Å²) < 4.78 is 103. The topological polar surface area (TPSA) is 0 Å². The highest BCUT2D eigenvalue weighted by Crippen LogP contribution is 2.17. The van der Waals surface area contributed by atoms with Gasteiger partial charge in [-0.1, -0.05) is 0 Å². The van der Waals surface area contributed by atoms with Gasteiger partial charge in [0.15, 0.2) is 11.6 Å². The van der Waals surface area contributed by atoms with Gasteiger partial charge in [0.2, 0.25) is 29.1 Å². The molecular weight excluding hydrogens is 423 g/mol. The second kappa shape index (κ2) is 5.78. The van der Waals surface area contributed by atoms with Crippen LogP contribution in [0.4, 0.5) is 35.1 Å². The molecule has 0 unspecified atom stereocenters. The molecule has 0 N–H and O–H groups in total. The Balaban J connectivity index is 2.61. The van der Waals surface area contributed by atoms with E-state index in [0.29, 0.717) is 0 Å². The second-order valence-corrected chi connectivity index (χ2v) is 6.36. The van der Waals surface area contributed by atoms with Crippen LogP contribution in [-0.4, -0.2) is 0 Å². The first-order chi connectivity index (χ1) is 9.73. The molecular formula is C12H2F8I+. The van der Waals surface area contributed by atoms with Crippen LogP contribution >= 0.6 is 0 Å². The smallest absolute Gasteiger partial charge is 0.207 e. The maximum Gasteiger partial charge on any atom is 0.371 e. The lowest BCUT2D eigenvalue weighted by atomic mass is 10.3. The highest BCUT2D eigenvalue weighted by atomic mass is 127. The van der Waals surface area contributed by atoms with Crippen LogP contribution in [0, 0.1) is 53.7 Å². The molecule has 0 aromatic heterocycles. The van der Waals surface area contributed by atoms with Crippen molar-refractivity contribution in [2.24, 2.45) is 0 Å². The van der Waals surface area contributed by atoms with E-state index in [2.05, 4.69) is 0 Å². The second-order valence-electron chi connectivity index (χ2n) is 3.66. The van der Waals surface area contributed by atoms with Crippen molar-refractivity contribution >= 4 is 0 Å². The zero-order valence-electron chi connectivity index (χ0n) is 9.56. The minimum atomic E-state index is -2.43. The van der Waals surface area contributed by atoms with Gasteiger partial charge in [-0.2, -0.15) is 8.78 Å². The third-order valence-corrected chi connectivity index (χ3v) is 5.35. The van der Waals surface area contributed by atoms with E-state index in [0.717, 1.165) is 0 Å². The molecule has 0 amide bonds. The van der Waals surface area contributed by atoms with Crippen LogP contribution in [0.1, 0.15) is 0 Å². The lowest BCUT2D eigenvalue weighted by Gasteiger charge is -2.00. The van der Waals surface area contributed by atoms with Crippen molar-refractivity contribution in [1.29, 1.82) is 0 Å². The average molecular weight is 425 g/mol. The Morgan fingerprint density at radius 3 is 1.33 bits per heavy atom. The van der Waals surface area contributed by atoms with Crippen LogP contribution in [0.3, 0.4) is 0 Å². The Hall–Kier alpha value is -1.39. The molecule has 0 bridgehead atoms. The minimum absolute atomic E-state index is 0.254. The first kappa shape index (κ1) is 16.0. The third-order valence-electron chi connectivity index (χ3n) is 2.29. The molecule has 0 atom stereocenters. The molecule has 112 valence electrons. The molecule has 0 saturated carbocycles. The molecule has 0 aliphatic heterocycles. The molecule has 0 saturated heterocycles. The minimum Gasteiger partial charge on any atom is -0.207 e. The molecule has 0 spiro atoms. The van der Waals surface area contributed by atoms with Crippen molar-refractivity contribution in [2.75, 3.05) is 0 Å². The van der Waals surface area contributed by atoms with Crippen molar-refractivity contribution in [3.63, 3.8) is 0 Å². The summed E-state index contributed by atoms with van der Waals surface area (Å²) in [5.74, 6) is -15.2. The molecule has 21 heavy (non-hydrogen) atoms. The van der Waals surface area contributed by atoms with Gasteiger partial charge in [-0.05, 0) is 0 Å². The molecule has 2 aromatic rings. The van der Waals surface area contributed by atoms with Gasteiger partial charge in [-0.15, -0.1) is 0 Å². The Kier molecular flexibility index (Phi) is 4.40. The number of hydrogen-bond donors (Lipinski definition) is 0. The summed E-state index contributed by atoms with van der Waals surface area (Å²) in [4.78, 5) is 0. The van der Waals surface area contributed by atoms with Crippen LogP contribution < -0.4 is 21.2 Å². The van der Waals surface area contributed by atoms with Gasteiger partial charge in [-0.3, -0.25) is 0 Å². The lowest BCUT2D eigenvalue weighted by molar-refractivity contribution is -0.609. The quantitative estimate of drug-likeness (QED) is 0.291. The summed E-state index contributed by atoms with van der Waals surface area (Å²) in [7, 11) is 0. The summed E-state index contributed by atoms with van der Waals surface area (Å²) in [5, 5.41) is 0. The van der Waals surface area contributed by atoms with Crippen LogP contribution in [0.2, 0.25) is 0 Å². The lowest BCUT2D eigenvalue weighted by Crippen LogP contribution is -3.62. The predicted molar refractivity (Wildman–Crippen MR) is 49.9 cm³/mol. The first-order valence-electron chi connectivity index (χ1n) is 5.04. The van der Waals surface area contributed by atoms with Gasteiger partial charge in [0.05, 0.1) is 0 Å². The van der Waals surface area contributed by atoms with E-state index in [4.69, 9.17) is 0 Å². The van der Waals surface area contributed by atoms with Gasteiger partial charge in [0, 0.05) is 12.1 Å². The highest BCUT2D eigenvalue weighted by molar-refractivity contribution is 5.13. The summed E-state index contributed by atoms with van der Waals surface area (Å²) in [5.41, 5.74) is 0. The average Bonchev–Trinajstić information content (AvgIpc) is 2.41. The zero-order chi connectivity index (χ0) is 15.9. The highest BCUT2D eigenvalue weighted by Gasteiger charge is 2.38. The molecule has 2 rings (SSSR count). The van der Waals surface area contributed by atoms with Gasteiger partial charge in [0.25, 0.3) is 7.14 Å². The standard InChI is InChI=1S/C12H2F8I/c13-3-1-4(14)11(5(15)2-3)21-12-9(19)7(17)6(16)8(18)10(12)20/h1-2H/q+1. The largest absolute Gasteiger partial charge is 0.371 e. The van der Waals surface area contributed by atoms with Crippen molar-refractivity contribution in [1.82, 2.24) is 0 Å². The molecule has 0 heterocycles. The van der Waals surface area contributed by atoms with E-state index in [1.165, 1.54) is 0 Å². The molecule has 2 aromatic carbocycles. The third kappa shape index (κ3) is 2.83. The Morgan fingerprint density at radius 2 is 0.905 bits per heavy atom. The van der Waals surface area contributed by atoms with Crippen LogP contribution in [0.5, 0.6) is 0 Å². The molecule has 0 radical (unpaired) electrons. The summed E-state index contributed by atoms with van der Waals surface area (Å²) in [6, 6.07) is 0.508. The zero-order valence-corrected chi connectivity index (χ0v) is 11.7. The monoisotopic (exact) mass is 425 g/mol. The number of hydrogen-bond acceptors (Lipinski definition) is 0. The number of benzene rings is 2.